The van der Waals surface area contributed by atoms with E-state index in [0.717, 1.165) is 0 Å². The highest BCUT2D eigenvalue weighted by Crippen LogP contribution is 1.90. The first-order valence-electron chi connectivity index (χ1n) is 3.58. The minimum Gasteiger partial charge on any atom is -0.392 e. The molecule has 0 aliphatic heterocycles. The van der Waals surface area contributed by atoms with E-state index in [1.165, 1.54) is 0 Å². The number of carbonyl (C=O) groups excluding carboxylic acids is 2. The number of esters is 2. The van der Waals surface area contributed by atoms with Crippen molar-refractivity contribution in [2.24, 2.45) is 0 Å². The van der Waals surface area contributed by atoms with Crippen molar-refractivity contribution in [3.8, 4) is 0 Å². The molecule has 0 spiro atoms. The summed E-state index contributed by atoms with van der Waals surface area (Å²) in [5.41, 5.74) is 0. The van der Waals surface area contributed by atoms with E-state index in [0.29, 0.717) is 12.8 Å². The quantitative estimate of drug-likeness (QED) is 0.466. The third-order valence-electron chi connectivity index (χ3n) is 1.00. The highest BCUT2D eigenvalue weighted by atomic mass is 16.6. The molecular formula is C7H13NO3. The van der Waals surface area contributed by atoms with Gasteiger partial charge in [-0.05, 0) is 13.5 Å². The van der Waals surface area contributed by atoms with Gasteiger partial charge in [-0.2, -0.15) is 0 Å². The summed E-state index contributed by atoms with van der Waals surface area (Å²) in [7, 11) is 1.62. The van der Waals surface area contributed by atoms with Crippen LogP contribution in [-0.2, 0) is 14.3 Å². The summed E-state index contributed by atoms with van der Waals surface area (Å²) >= 11 is 0. The molecule has 0 aromatic rings. The van der Waals surface area contributed by atoms with Gasteiger partial charge in [-0.15, -0.1) is 0 Å². The normalized spacial score (nSPS) is 9.27. The van der Waals surface area contributed by atoms with E-state index in [-0.39, 0.29) is 6.54 Å². The second-order valence-corrected chi connectivity index (χ2v) is 2.13. The molecule has 0 aromatic carbocycles. The molecule has 0 fully saturated rings. The average molecular weight is 159 g/mol. The van der Waals surface area contributed by atoms with Gasteiger partial charge in [0.15, 0.2) is 0 Å². The summed E-state index contributed by atoms with van der Waals surface area (Å²) in [6.45, 7) is 1.93. The number of nitrogens with one attached hydrogen (secondary N) is 1. The Morgan fingerprint density at radius 2 is 2.00 bits per heavy atom. The fourth-order valence-electron chi connectivity index (χ4n) is 0.563. The summed E-state index contributed by atoms with van der Waals surface area (Å²) in [6.07, 6.45) is 1.00. The van der Waals surface area contributed by atoms with Gasteiger partial charge in [0.1, 0.15) is 0 Å². The smallest absolute Gasteiger partial charge is 0.327 e. The lowest BCUT2D eigenvalue weighted by Gasteiger charge is -1.99. The van der Waals surface area contributed by atoms with Gasteiger partial charge in [0.05, 0.1) is 6.54 Å². The summed E-state index contributed by atoms with van der Waals surface area (Å²) in [5.74, 6) is -0.973. The Morgan fingerprint density at radius 3 is 2.45 bits per heavy atom. The Hall–Kier alpha value is -0.900. The van der Waals surface area contributed by atoms with Gasteiger partial charge in [0, 0.05) is 6.42 Å². The Kier molecular flexibility index (Phi) is 5.37. The fraction of sp³-hybridized carbons (Fsp3) is 0.714. The van der Waals surface area contributed by atoms with Gasteiger partial charge >= 0.3 is 11.9 Å². The minimum atomic E-state index is -0.522. The van der Waals surface area contributed by atoms with E-state index in [9.17, 15) is 9.59 Å². The van der Waals surface area contributed by atoms with Crippen LogP contribution in [0.25, 0.3) is 0 Å². The van der Waals surface area contributed by atoms with Gasteiger partial charge in [-0.3, -0.25) is 9.59 Å². The van der Waals surface area contributed by atoms with Crippen LogP contribution < -0.4 is 5.32 Å². The molecule has 4 heteroatoms. The average Bonchev–Trinajstić information content (AvgIpc) is 1.87. The molecular weight excluding hydrogens is 146 g/mol. The predicted octanol–water partition coefficient (Wildman–Crippen LogP) is 0.0757. The van der Waals surface area contributed by atoms with Crippen molar-refractivity contribution in [2.75, 3.05) is 13.6 Å². The molecule has 0 aromatic heterocycles. The minimum absolute atomic E-state index is 0.0788. The summed E-state index contributed by atoms with van der Waals surface area (Å²) in [5, 5.41) is 2.59. The summed E-state index contributed by atoms with van der Waals surface area (Å²) < 4.78 is 4.39. The molecule has 0 heterocycles. The molecule has 0 aliphatic carbocycles. The van der Waals surface area contributed by atoms with E-state index >= 15 is 0 Å². The van der Waals surface area contributed by atoms with E-state index in [1.807, 2.05) is 6.92 Å². The van der Waals surface area contributed by atoms with Crippen molar-refractivity contribution in [1.29, 1.82) is 0 Å². The third-order valence-corrected chi connectivity index (χ3v) is 1.00. The Labute approximate surface area is 65.9 Å². The highest BCUT2D eigenvalue weighted by molar-refractivity contribution is 5.86. The molecule has 0 amide bonds. The Balaban J connectivity index is 3.49. The molecule has 11 heavy (non-hydrogen) atoms. The number of hydrogen-bond donors (Lipinski definition) is 1. The number of hydrogen-bond acceptors (Lipinski definition) is 4. The van der Waals surface area contributed by atoms with Crippen LogP contribution in [0.15, 0.2) is 0 Å². The summed E-state index contributed by atoms with van der Waals surface area (Å²) in [6, 6.07) is 0. The van der Waals surface area contributed by atoms with Crippen molar-refractivity contribution >= 4 is 11.9 Å². The van der Waals surface area contributed by atoms with Gasteiger partial charge in [-0.1, -0.05) is 6.92 Å². The maximum absolute atomic E-state index is 10.7. The monoisotopic (exact) mass is 159 g/mol. The number of ether oxygens (including phenoxy) is 1. The zero-order valence-electron chi connectivity index (χ0n) is 6.85. The van der Waals surface area contributed by atoms with Crippen molar-refractivity contribution in [3.05, 3.63) is 0 Å². The Morgan fingerprint density at radius 1 is 1.36 bits per heavy atom. The molecule has 0 bridgehead atoms. The molecule has 0 saturated heterocycles. The molecule has 0 unspecified atom stereocenters. The molecule has 0 aliphatic rings. The first-order valence-corrected chi connectivity index (χ1v) is 3.58. The third kappa shape index (κ3) is 5.54. The topological polar surface area (TPSA) is 55.4 Å². The zero-order valence-corrected chi connectivity index (χ0v) is 6.85. The van der Waals surface area contributed by atoms with Gasteiger partial charge in [-0.25, -0.2) is 0 Å². The van der Waals surface area contributed by atoms with Crippen LogP contribution in [0.2, 0.25) is 0 Å². The fourth-order valence-corrected chi connectivity index (χ4v) is 0.563. The van der Waals surface area contributed by atoms with Crippen molar-refractivity contribution in [1.82, 2.24) is 5.32 Å². The van der Waals surface area contributed by atoms with E-state index in [1.54, 1.807) is 7.05 Å². The first kappa shape index (κ1) is 10.1. The van der Waals surface area contributed by atoms with Crippen molar-refractivity contribution in [3.63, 3.8) is 0 Å². The summed E-state index contributed by atoms with van der Waals surface area (Å²) in [4.78, 5) is 21.3. The van der Waals surface area contributed by atoms with Gasteiger partial charge < -0.3 is 10.1 Å². The maximum atomic E-state index is 10.7. The number of rotatable bonds is 4. The molecule has 0 radical (unpaired) electrons. The van der Waals surface area contributed by atoms with Crippen LogP contribution in [0.5, 0.6) is 0 Å². The number of likely N-dealkylation sites (N-methyl/N-ethyl adjacent to an activating group) is 1. The van der Waals surface area contributed by atoms with Gasteiger partial charge in [0.25, 0.3) is 0 Å². The van der Waals surface area contributed by atoms with E-state index in [2.05, 4.69) is 10.1 Å². The molecule has 4 nitrogen and oxygen atoms in total. The largest absolute Gasteiger partial charge is 0.392 e. The Bertz CT molecular complexity index is 129. The van der Waals surface area contributed by atoms with Crippen LogP contribution in [0.4, 0.5) is 0 Å². The standard InChI is InChI=1S/C7H13NO3/c1-3-4-6(9)11-7(10)5-8-2/h8H,3-5H2,1-2H3. The van der Waals surface area contributed by atoms with Crippen LogP contribution in [0, 0.1) is 0 Å². The second-order valence-electron chi connectivity index (χ2n) is 2.13. The molecule has 64 valence electrons. The van der Waals surface area contributed by atoms with Crippen LogP contribution in [0.3, 0.4) is 0 Å². The van der Waals surface area contributed by atoms with Crippen LogP contribution in [-0.4, -0.2) is 25.5 Å². The highest BCUT2D eigenvalue weighted by Gasteiger charge is 2.06. The van der Waals surface area contributed by atoms with E-state index < -0.39 is 11.9 Å². The number of carbonyl (C=O) groups is 2. The SMILES string of the molecule is CCCC(=O)OC(=O)CNC. The lowest BCUT2D eigenvalue weighted by molar-refractivity contribution is -0.158. The maximum Gasteiger partial charge on any atom is 0.327 e. The second kappa shape index (κ2) is 5.85. The van der Waals surface area contributed by atoms with Crippen LogP contribution in [0.1, 0.15) is 19.8 Å². The lowest BCUT2D eigenvalue weighted by Crippen LogP contribution is -2.23. The van der Waals surface area contributed by atoms with Crippen molar-refractivity contribution in [2.45, 2.75) is 19.8 Å². The molecule has 1 N–H and O–H groups in total. The van der Waals surface area contributed by atoms with Crippen molar-refractivity contribution < 1.29 is 14.3 Å². The first-order chi connectivity index (χ1) is 5.20. The van der Waals surface area contributed by atoms with E-state index in [4.69, 9.17) is 0 Å². The predicted molar refractivity (Wildman–Crippen MR) is 39.9 cm³/mol. The van der Waals surface area contributed by atoms with Gasteiger partial charge in [0.2, 0.25) is 0 Å². The molecule has 0 rings (SSSR count). The lowest BCUT2D eigenvalue weighted by atomic mass is 10.3. The van der Waals surface area contributed by atoms with Crippen LogP contribution >= 0.6 is 0 Å². The zero-order chi connectivity index (χ0) is 8.69. The molecule has 0 atom stereocenters. The molecule has 0 saturated carbocycles.